The van der Waals surface area contributed by atoms with Gasteiger partial charge in [0.15, 0.2) is 0 Å². The highest BCUT2D eigenvalue weighted by molar-refractivity contribution is 6.01. The molecule has 124 valence electrons. The minimum Gasteiger partial charge on any atom is -0.344 e. The lowest BCUT2D eigenvalue weighted by Crippen LogP contribution is -2.52. The normalized spacial score (nSPS) is 19.0. The maximum Gasteiger partial charge on any atom is 0.249 e. The maximum absolute atomic E-state index is 11.9. The van der Waals surface area contributed by atoms with Gasteiger partial charge in [-0.2, -0.15) is 0 Å². The van der Waals surface area contributed by atoms with E-state index in [0.29, 0.717) is 6.42 Å². The zero-order chi connectivity index (χ0) is 17.1. The van der Waals surface area contributed by atoms with Crippen molar-refractivity contribution >= 4 is 17.7 Å². The summed E-state index contributed by atoms with van der Waals surface area (Å²) < 4.78 is 0. The monoisotopic (exact) mass is 308 g/mol. The van der Waals surface area contributed by atoms with Crippen LogP contribution >= 0.6 is 0 Å². The summed E-state index contributed by atoms with van der Waals surface area (Å²) in [7, 11) is 0. The van der Waals surface area contributed by atoms with E-state index in [1.54, 1.807) is 0 Å². The summed E-state index contributed by atoms with van der Waals surface area (Å²) in [5.41, 5.74) is 2.13. The molecule has 0 spiro atoms. The van der Waals surface area contributed by atoms with Crippen LogP contribution < -0.4 is 10.6 Å². The lowest BCUT2D eigenvalue weighted by molar-refractivity contribution is -0.137. The molecule has 0 aromatic carbocycles. The fourth-order valence-corrected chi connectivity index (χ4v) is 1.92. The Labute approximate surface area is 133 Å². The highest BCUT2D eigenvalue weighted by atomic mass is 16.2. The van der Waals surface area contributed by atoms with Crippen LogP contribution in [0.25, 0.3) is 0 Å². The van der Waals surface area contributed by atoms with E-state index in [2.05, 4.69) is 17.6 Å². The number of piperidine rings is 1. The topological polar surface area (TPSA) is 75.3 Å². The fourth-order valence-electron chi connectivity index (χ4n) is 1.92. The van der Waals surface area contributed by atoms with E-state index in [9.17, 15) is 14.4 Å². The smallest absolute Gasteiger partial charge is 0.249 e. The Hall–Kier alpha value is -1.91. The van der Waals surface area contributed by atoms with Gasteiger partial charge in [0.1, 0.15) is 6.04 Å². The molecule has 22 heavy (non-hydrogen) atoms. The minimum absolute atomic E-state index is 0.201. The Kier molecular flexibility index (Phi) is 9.83. The molecule has 1 atom stereocenters. The molecule has 1 rings (SSSR count). The van der Waals surface area contributed by atoms with E-state index in [-0.39, 0.29) is 24.7 Å². The number of nitrogens with one attached hydrogen (secondary N) is 2. The third-order valence-electron chi connectivity index (χ3n) is 3.30. The molecular weight excluding hydrogens is 280 g/mol. The fraction of sp³-hybridized carbons (Fsp3) is 0.588. The number of amides is 3. The molecule has 0 aromatic heterocycles. The van der Waals surface area contributed by atoms with E-state index >= 15 is 0 Å². The number of rotatable bonds is 5. The Balaban J connectivity index is 0.00000211. The third kappa shape index (κ3) is 7.20. The van der Waals surface area contributed by atoms with Gasteiger partial charge in [0.25, 0.3) is 0 Å². The molecule has 0 radical (unpaired) electrons. The van der Waals surface area contributed by atoms with Gasteiger partial charge in [-0.1, -0.05) is 38.5 Å². The van der Waals surface area contributed by atoms with Crippen LogP contribution in [0.2, 0.25) is 0 Å². The number of hydrogen-bond donors (Lipinski definition) is 2. The summed E-state index contributed by atoms with van der Waals surface area (Å²) in [4.78, 5) is 34.5. The van der Waals surface area contributed by atoms with Crippen molar-refractivity contribution in [3.05, 3.63) is 23.3 Å². The van der Waals surface area contributed by atoms with Crippen molar-refractivity contribution < 1.29 is 14.4 Å². The van der Waals surface area contributed by atoms with E-state index in [4.69, 9.17) is 0 Å². The van der Waals surface area contributed by atoms with Gasteiger partial charge in [-0.05, 0) is 32.3 Å². The molecule has 1 aliphatic heterocycles. The molecular formula is C17H28N2O3. The molecule has 0 aliphatic carbocycles. The second-order valence-electron chi connectivity index (χ2n) is 4.96. The Bertz CT molecular complexity index is 465. The average Bonchev–Trinajstić information content (AvgIpc) is 2.51. The predicted octanol–water partition coefficient (Wildman–Crippen LogP) is 2.63. The SMILES string of the molecule is C/C=C(\C=C(\C)CC)CC(=O)NC1CCC(=O)NC1=O.CC. The van der Waals surface area contributed by atoms with Gasteiger partial charge < -0.3 is 5.32 Å². The highest BCUT2D eigenvalue weighted by Crippen LogP contribution is 2.11. The summed E-state index contributed by atoms with van der Waals surface area (Å²) in [6.45, 7) is 9.96. The molecule has 1 saturated heterocycles. The second-order valence-corrected chi connectivity index (χ2v) is 4.96. The van der Waals surface area contributed by atoms with Crippen molar-refractivity contribution in [2.75, 3.05) is 0 Å². The zero-order valence-electron chi connectivity index (χ0n) is 14.3. The summed E-state index contributed by atoms with van der Waals surface area (Å²) in [5, 5.41) is 4.90. The van der Waals surface area contributed by atoms with Gasteiger partial charge in [0, 0.05) is 6.42 Å². The van der Waals surface area contributed by atoms with Gasteiger partial charge in [0.05, 0.1) is 6.42 Å². The van der Waals surface area contributed by atoms with Crippen molar-refractivity contribution in [2.24, 2.45) is 0 Å². The number of carbonyl (C=O) groups is 3. The van der Waals surface area contributed by atoms with Crippen LogP contribution in [0.3, 0.4) is 0 Å². The van der Waals surface area contributed by atoms with Crippen LogP contribution in [-0.2, 0) is 14.4 Å². The lowest BCUT2D eigenvalue weighted by Gasteiger charge is -2.21. The standard InChI is InChI=1S/C15H22N2O3.C2H6/c1-4-10(3)8-11(5-2)9-14(19)16-12-6-7-13(18)17-15(12)20;1-2/h5,8,12H,4,6-7,9H2,1-3H3,(H,16,19)(H,17,18,20);1-2H3/b10-8-,11-5+;. The van der Waals surface area contributed by atoms with E-state index in [1.807, 2.05) is 39.8 Å². The Morgan fingerprint density at radius 3 is 2.50 bits per heavy atom. The molecule has 0 saturated carbocycles. The quantitative estimate of drug-likeness (QED) is 0.605. The van der Waals surface area contributed by atoms with Crippen molar-refractivity contribution in [3.8, 4) is 0 Å². The van der Waals surface area contributed by atoms with Crippen LogP contribution in [0, 0.1) is 0 Å². The van der Waals surface area contributed by atoms with Gasteiger partial charge >= 0.3 is 0 Å². The second kappa shape index (κ2) is 10.8. The lowest BCUT2D eigenvalue weighted by atomic mass is 10.0. The molecule has 2 N–H and O–H groups in total. The Morgan fingerprint density at radius 2 is 2.00 bits per heavy atom. The minimum atomic E-state index is -0.602. The van der Waals surface area contributed by atoms with E-state index in [1.165, 1.54) is 5.57 Å². The van der Waals surface area contributed by atoms with E-state index in [0.717, 1.165) is 12.0 Å². The summed E-state index contributed by atoms with van der Waals surface area (Å²) in [5.74, 6) is -0.902. The predicted molar refractivity (Wildman–Crippen MR) is 88.1 cm³/mol. The van der Waals surface area contributed by atoms with Crippen molar-refractivity contribution in [3.63, 3.8) is 0 Å². The first kappa shape index (κ1) is 20.1. The maximum atomic E-state index is 11.9. The molecule has 1 aliphatic rings. The average molecular weight is 308 g/mol. The van der Waals surface area contributed by atoms with Crippen LogP contribution in [-0.4, -0.2) is 23.8 Å². The Morgan fingerprint density at radius 1 is 1.36 bits per heavy atom. The molecule has 5 heteroatoms. The molecule has 1 fully saturated rings. The number of allylic oxidation sites excluding steroid dienone is 3. The summed E-state index contributed by atoms with van der Waals surface area (Å²) in [6.07, 6.45) is 5.69. The van der Waals surface area contributed by atoms with Crippen LogP contribution in [0.1, 0.15) is 60.3 Å². The first-order valence-corrected chi connectivity index (χ1v) is 7.91. The van der Waals surface area contributed by atoms with Gasteiger partial charge in [0.2, 0.25) is 17.7 Å². The van der Waals surface area contributed by atoms with E-state index < -0.39 is 11.9 Å². The zero-order valence-corrected chi connectivity index (χ0v) is 14.3. The van der Waals surface area contributed by atoms with Crippen LogP contribution in [0.5, 0.6) is 0 Å². The van der Waals surface area contributed by atoms with Gasteiger partial charge in [-0.15, -0.1) is 0 Å². The van der Waals surface area contributed by atoms with Crippen molar-refractivity contribution in [1.82, 2.24) is 10.6 Å². The first-order valence-electron chi connectivity index (χ1n) is 7.91. The van der Waals surface area contributed by atoms with Crippen molar-refractivity contribution in [1.29, 1.82) is 0 Å². The van der Waals surface area contributed by atoms with Gasteiger partial charge in [-0.25, -0.2) is 0 Å². The van der Waals surface area contributed by atoms with Crippen LogP contribution in [0.4, 0.5) is 0 Å². The number of carbonyl (C=O) groups excluding carboxylic acids is 3. The molecule has 0 aromatic rings. The molecule has 5 nitrogen and oxygen atoms in total. The largest absolute Gasteiger partial charge is 0.344 e. The third-order valence-corrected chi connectivity index (χ3v) is 3.30. The first-order chi connectivity index (χ1) is 10.5. The molecule has 1 unspecified atom stereocenters. The van der Waals surface area contributed by atoms with Crippen LogP contribution in [0.15, 0.2) is 23.3 Å². The summed E-state index contributed by atoms with van der Waals surface area (Å²) in [6, 6.07) is -0.602. The highest BCUT2D eigenvalue weighted by Gasteiger charge is 2.27. The molecule has 3 amide bonds. The van der Waals surface area contributed by atoms with Crippen molar-refractivity contribution in [2.45, 2.75) is 66.3 Å². The summed E-state index contributed by atoms with van der Waals surface area (Å²) >= 11 is 0. The number of imide groups is 1. The van der Waals surface area contributed by atoms with Gasteiger partial charge in [-0.3, -0.25) is 19.7 Å². The number of hydrogen-bond acceptors (Lipinski definition) is 3. The molecule has 0 bridgehead atoms. The molecule has 1 heterocycles.